The molecule has 1 aliphatic carbocycles. The van der Waals surface area contributed by atoms with Crippen molar-refractivity contribution >= 4 is 23.1 Å². The van der Waals surface area contributed by atoms with Crippen LogP contribution in [-0.4, -0.2) is 23.3 Å². The summed E-state index contributed by atoms with van der Waals surface area (Å²) < 4.78 is 5.12. The summed E-state index contributed by atoms with van der Waals surface area (Å²) in [4.78, 5) is 28.6. The number of ether oxygens (including phenoxy) is 1. The number of hydrogen-bond acceptors (Lipinski definition) is 5. The maximum Gasteiger partial charge on any atom is 0.320 e. The normalized spacial score (nSPS) is 23.9. The maximum absolute atomic E-state index is 12.2. The van der Waals surface area contributed by atoms with Gasteiger partial charge >= 0.3 is 5.97 Å². The molecule has 1 aromatic rings. The number of ketones is 1. The first-order valence-corrected chi connectivity index (χ1v) is 7.21. The molecule has 0 saturated heterocycles. The Kier molecular flexibility index (Phi) is 4.11. The van der Waals surface area contributed by atoms with Crippen LogP contribution in [0.2, 0.25) is 0 Å². The molecule has 0 aliphatic heterocycles. The molecule has 18 heavy (non-hydrogen) atoms. The Morgan fingerprint density at radius 3 is 3.00 bits per heavy atom. The first-order chi connectivity index (χ1) is 8.69. The highest BCUT2D eigenvalue weighted by atomic mass is 32.1. The van der Waals surface area contributed by atoms with Gasteiger partial charge in [0.15, 0.2) is 5.78 Å². The zero-order chi connectivity index (χ0) is 13.0. The van der Waals surface area contributed by atoms with Crippen molar-refractivity contribution in [2.24, 2.45) is 5.41 Å². The van der Waals surface area contributed by atoms with Crippen molar-refractivity contribution in [1.82, 2.24) is 4.98 Å². The highest BCUT2D eigenvalue weighted by Gasteiger charge is 2.48. The van der Waals surface area contributed by atoms with E-state index in [-0.39, 0.29) is 11.8 Å². The van der Waals surface area contributed by atoms with E-state index in [1.54, 1.807) is 12.4 Å². The molecule has 5 heteroatoms. The number of thiazole rings is 1. The third-order valence-corrected chi connectivity index (χ3v) is 4.06. The Morgan fingerprint density at radius 2 is 2.39 bits per heavy atom. The highest BCUT2D eigenvalue weighted by molar-refractivity contribution is 7.07. The molecule has 1 saturated carbocycles. The predicted molar refractivity (Wildman–Crippen MR) is 68.4 cm³/mol. The Bertz CT molecular complexity index is 429. The number of esters is 1. The molecule has 4 nitrogen and oxygen atoms in total. The Morgan fingerprint density at radius 1 is 1.56 bits per heavy atom. The summed E-state index contributed by atoms with van der Waals surface area (Å²) in [5.74, 6) is -0.358. The summed E-state index contributed by atoms with van der Waals surface area (Å²) in [6.45, 7) is 2.08. The van der Waals surface area contributed by atoms with E-state index in [0.717, 1.165) is 18.5 Å². The van der Waals surface area contributed by atoms with Crippen molar-refractivity contribution in [1.29, 1.82) is 0 Å². The van der Waals surface area contributed by atoms with Crippen LogP contribution in [0.3, 0.4) is 0 Å². The van der Waals surface area contributed by atoms with Crippen LogP contribution in [0.4, 0.5) is 0 Å². The first kappa shape index (κ1) is 13.2. The molecular formula is C13H17NO3S. The van der Waals surface area contributed by atoms with Gasteiger partial charge in [-0.3, -0.25) is 9.59 Å². The Hall–Kier alpha value is -1.23. The summed E-state index contributed by atoms with van der Waals surface area (Å²) in [6.07, 6.45) is 3.21. The van der Waals surface area contributed by atoms with Crippen molar-refractivity contribution in [3.05, 3.63) is 16.6 Å². The van der Waals surface area contributed by atoms with Gasteiger partial charge in [-0.15, -0.1) is 11.3 Å². The number of rotatable bonds is 4. The van der Waals surface area contributed by atoms with Crippen LogP contribution in [0.5, 0.6) is 0 Å². The zero-order valence-electron chi connectivity index (χ0n) is 10.5. The molecule has 0 spiro atoms. The third kappa shape index (κ3) is 2.46. The van der Waals surface area contributed by atoms with Gasteiger partial charge in [-0.2, -0.15) is 0 Å². The van der Waals surface area contributed by atoms with Gasteiger partial charge in [0.25, 0.3) is 0 Å². The number of carbonyl (C=O) groups excluding carboxylic acids is 2. The number of aromatic nitrogens is 1. The molecule has 1 heterocycles. The van der Waals surface area contributed by atoms with E-state index in [0.29, 0.717) is 25.9 Å². The Labute approximate surface area is 110 Å². The van der Waals surface area contributed by atoms with Crippen LogP contribution in [0.15, 0.2) is 10.9 Å². The van der Waals surface area contributed by atoms with Crippen LogP contribution in [-0.2, 0) is 20.7 Å². The SMILES string of the molecule is CCOC(=O)C1(Cc2cscn2)CCCCC1=O. The minimum atomic E-state index is -0.984. The first-order valence-electron chi connectivity index (χ1n) is 6.26. The standard InChI is InChI=1S/C13H17NO3S/c1-2-17-12(16)13(6-4-3-5-11(13)15)7-10-8-18-9-14-10/h8-9H,2-7H2,1H3. The van der Waals surface area contributed by atoms with Gasteiger partial charge in [-0.1, -0.05) is 6.42 Å². The van der Waals surface area contributed by atoms with Gasteiger partial charge in [-0.25, -0.2) is 4.98 Å². The molecule has 1 unspecified atom stereocenters. The van der Waals surface area contributed by atoms with Crippen LogP contribution in [0.1, 0.15) is 38.3 Å². The molecule has 0 aromatic carbocycles. The lowest BCUT2D eigenvalue weighted by atomic mass is 9.70. The number of carbonyl (C=O) groups is 2. The minimum absolute atomic E-state index is 0.0141. The summed E-state index contributed by atoms with van der Waals surface area (Å²) in [5.41, 5.74) is 1.55. The summed E-state index contributed by atoms with van der Waals surface area (Å²) in [7, 11) is 0. The molecule has 1 atom stereocenters. The summed E-state index contributed by atoms with van der Waals surface area (Å²) >= 11 is 1.48. The average Bonchev–Trinajstić information content (AvgIpc) is 2.85. The van der Waals surface area contributed by atoms with Crippen LogP contribution < -0.4 is 0 Å². The molecule has 0 amide bonds. The fraction of sp³-hybridized carbons (Fsp3) is 0.615. The molecule has 1 fully saturated rings. The van der Waals surface area contributed by atoms with E-state index in [9.17, 15) is 9.59 Å². The largest absolute Gasteiger partial charge is 0.465 e. The topological polar surface area (TPSA) is 56.3 Å². The van der Waals surface area contributed by atoms with E-state index in [1.165, 1.54) is 11.3 Å². The highest BCUT2D eigenvalue weighted by Crippen LogP contribution is 2.37. The molecule has 2 rings (SSSR count). The van der Waals surface area contributed by atoms with E-state index < -0.39 is 5.41 Å². The van der Waals surface area contributed by atoms with Crippen molar-refractivity contribution in [2.45, 2.75) is 39.0 Å². The van der Waals surface area contributed by atoms with Gasteiger partial charge in [0.1, 0.15) is 5.41 Å². The van der Waals surface area contributed by atoms with Crippen LogP contribution in [0, 0.1) is 5.41 Å². The number of hydrogen-bond donors (Lipinski definition) is 0. The lowest BCUT2D eigenvalue weighted by Gasteiger charge is -2.32. The summed E-state index contributed by atoms with van der Waals surface area (Å²) in [5, 5.41) is 1.89. The minimum Gasteiger partial charge on any atom is -0.465 e. The number of nitrogens with zero attached hydrogens (tertiary/aromatic N) is 1. The molecular weight excluding hydrogens is 250 g/mol. The van der Waals surface area contributed by atoms with E-state index in [4.69, 9.17) is 4.74 Å². The second-order valence-electron chi connectivity index (χ2n) is 4.59. The lowest BCUT2D eigenvalue weighted by molar-refractivity contribution is -0.162. The number of Topliss-reactive ketones (excluding diaryl/α,β-unsaturated/α-hetero) is 1. The molecule has 0 bridgehead atoms. The summed E-state index contributed by atoms with van der Waals surface area (Å²) in [6, 6.07) is 0. The van der Waals surface area contributed by atoms with Crippen molar-refractivity contribution < 1.29 is 14.3 Å². The Balaban J connectivity index is 2.26. The average molecular weight is 267 g/mol. The zero-order valence-corrected chi connectivity index (χ0v) is 11.3. The van der Waals surface area contributed by atoms with Crippen molar-refractivity contribution in [3.8, 4) is 0 Å². The predicted octanol–water partition coefficient (Wildman–Crippen LogP) is 2.38. The van der Waals surface area contributed by atoms with E-state index in [2.05, 4.69) is 4.98 Å². The quantitative estimate of drug-likeness (QED) is 0.621. The van der Waals surface area contributed by atoms with Gasteiger partial charge in [0.05, 0.1) is 17.8 Å². The van der Waals surface area contributed by atoms with E-state index >= 15 is 0 Å². The molecule has 0 radical (unpaired) electrons. The molecule has 1 aromatic heterocycles. The lowest BCUT2D eigenvalue weighted by Crippen LogP contribution is -2.44. The molecule has 0 N–H and O–H groups in total. The van der Waals surface area contributed by atoms with Crippen LogP contribution in [0.25, 0.3) is 0 Å². The van der Waals surface area contributed by atoms with Gasteiger partial charge in [-0.05, 0) is 19.8 Å². The van der Waals surface area contributed by atoms with Crippen molar-refractivity contribution in [2.75, 3.05) is 6.61 Å². The fourth-order valence-electron chi connectivity index (χ4n) is 2.47. The molecule has 98 valence electrons. The fourth-order valence-corrected chi connectivity index (χ4v) is 3.03. The smallest absolute Gasteiger partial charge is 0.320 e. The third-order valence-electron chi connectivity index (χ3n) is 3.42. The van der Waals surface area contributed by atoms with Gasteiger partial charge in [0, 0.05) is 18.2 Å². The molecule has 1 aliphatic rings. The second kappa shape index (κ2) is 5.61. The van der Waals surface area contributed by atoms with Gasteiger partial charge in [0.2, 0.25) is 0 Å². The second-order valence-corrected chi connectivity index (χ2v) is 5.31. The van der Waals surface area contributed by atoms with Crippen molar-refractivity contribution in [3.63, 3.8) is 0 Å². The van der Waals surface area contributed by atoms with E-state index in [1.807, 2.05) is 5.38 Å². The monoisotopic (exact) mass is 267 g/mol. The van der Waals surface area contributed by atoms with Gasteiger partial charge < -0.3 is 4.74 Å². The maximum atomic E-state index is 12.2. The van der Waals surface area contributed by atoms with Crippen LogP contribution >= 0.6 is 11.3 Å².